The molecule has 7 heteroatoms. The van der Waals surface area contributed by atoms with E-state index in [2.05, 4.69) is 20.9 Å². The molecule has 0 spiro atoms. The van der Waals surface area contributed by atoms with Crippen LogP contribution in [0.4, 0.5) is 0 Å². The van der Waals surface area contributed by atoms with Gasteiger partial charge in [0.2, 0.25) is 0 Å². The van der Waals surface area contributed by atoms with Crippen molar-refractivity contribution in [1.82, 2.24) is 4.57 Å². The van der Waals surface area contributed by atoms with Crippen LogP contribution in [0.15, 0.2) is 50.5 Å². The Labute approximate surface area is 145 Å². The number of thiazole rings is 1. The number of benzene rings is 1. The normalized spacial score (nSPS) is 12.2. The molecule has 0 bridgehead atoms. The molecular formula is C16H15BrN2O3S. The molecule has 0 unspecified atom stereocenters. The van der Waals surface area contributed by atoms with E-state index in [-0.39, 0.29) is 11.7 Å². The highest BCUT2D eigenvalue weighted by Gasteiger charge is 2.11. The van der Waals surface area contributed by atoms with Crippen molar-refractivity contribution in [2.24, 2.45) is 4.99 Å². The van der Waals surface area contributed by atoms with E-state index in [4.69, 9.17) is 9.15 Å². The summed E-state index contributed by atoms with van der Waals surface area (Å²) in [5.74, 6) is -0.147. The summed E-state index contributed by atoms with van der Waals surface area (Å²) in [6, 6.07) is 9.30. The number of carbonyl (C=O) groups excluding carboxylic acids is 1. The standard InChI is InChI=1S/C16H15BrN2O3S/c1-2-21-9-7-19-12-6-5-11(17)10-14(12)23-16(19)18-15(20)13-4-3-8-22-13/h3-6,8,10H,2,7,9H2,1H3. The Morgan fingerprint density at radius 2 is 2.30 bits per heavy atom. The van der Waals surface area contributed by atoms with Gasteiger partial charge in [0.05, 0.1) is 23.1 Å². The maximum atomic E-state index is 12.2. The zero-order valence-corrected chi connectivity index (χ0v) is 14.9. The van der Waals surface area contributed by atoms with E-state index in [0.29, 0.717) is 24.6 Å². The molecule has 1 aromatic carbocycles. The van der Waals surface area contributed by atoms with Gasteiger partial charge in [-0.2, -0.15) is 4.99 Å². The molecule has 0 fully saturated rings. The first-order valence-corrected chi connectivity index (χ1v) is 8.79. The fraction of sp³-hybridized carbons (Fsp3) is 0.250. The van der Waals surface area contributed by atoms with E-state index in [0.717, 1.165) is 14.7 Å². The maximum absolute atomic E-state index is 12.2. The molecule has 120 valence electrons. The summed E-state index contributed by atoms with van der Waals surface area (Å²) >= 11 is 4.94. The molecular weight excluding hydrogens is 380 g/mol. The highest BCUT2D eigenvalue weighted by molar-refractivity contribution is 9.10. The lowest BCUT2D eigenvalue weighted by molar-refractivity contribution is 0.0970. The summed E-state index contributed by atoms with van der Waals surface area (Å²) in [5.41, 5.74) is 1.03. The van der Waals surface area contributed by atoms with Crippen LogP contribution in [0, 0.1) is 0 Å². The molecule has 0 aliphatic rings. The van der Waals surface area contributed by atoms with E-state index >= 15 is 0 Å². The number of aromatic nitrogens is 1. The number of furan rings is 1. The number of hydrogen-bond donors (Lipinski definition) is 0. The van der Waals surface area contributed by atoms with Crippen molar-refractivity contribution >= 4 is 43.4 Å². The van der Waals surface area contributed by atoms with Crippen LogP contribution < -0.4 is 4.80 Å². The molecule has 2 heterocycles. The van der Waals surface area contributed by atoms with Gasteiger partial charge in [-0.1, -0.05) is 27.3 Å². The number of hydrogen-bond acceptors (Lipinski definition) is 4. The number of nitrogens with zero attached hydrogens (tertiary/aromatic N) is 2. The highest BCUT2D eigenvalue weighted by Crippen LogP contribution is 2.22. The lowest BCUT2D eigenvalue weighted by Gasteiger charge is -2.05. The third kappa shape index (κ3) is 3.63. The van der Waals surface area contributed by atoms with E-state index in [1.165, 1.54) is 17.6 Å². The second-order valence-corrected chi connectivity index (χ2v) is 6.66. The van der Waals surface area contributed by atoms with Crippen molar-refractivity contribution in [2.45, 2.75) is 13.5 Å². The Hall–Kier alpha value is -1.70. The van der Waals surface area contributed by atoms with Gasteiger partial charge >= 0.3 is 5.91 Å². The predicted molar refractivity (Wildman–Crippen MR) is 92.6 cm³/mol. The van der Waals surface area contributed by atoms with E-state index in [1.807, 2.05) is 29.7 Å². The van der Waals surface area contributed by atoms with Gasteiger partial charge in [0.15, 0.2) is 10.6 Å². The summed E-state index contributed by atoms with van der Waals surface area (Å²) in [6.45, 7) is 3.82. The fourth-order valence-corrected chi connectivity index (χ4v) is 3.80. The Kier molecular flexibility index (Phi) is 5.09. The number of halogens is 1. The molecule has 5 nitrogen and oxygen atoms in total. The Morgan fingerprint density at radius 3 is 3.04 bits per heavy atom. The molecule has 0 N–H and O–H groups in total. The smallest absolute Gasteiger partial charge is 0.315 e. The van der Waals surface area contributed by atoms with Crippen molar-refractivity contribution < 1.29 is 13.9 Å². The van der Waals surface area contributed by atoms with Crippen molar-refractivity contribution in [3.8, 4) is 0 Å². The van der Waals surface area contributed by atoms with Crippen LogP contribution in [-0.2, 0) is 11.3 Å². The summed E-state index contributed by atoms with van der Waals surface area (Å²) in [4.78, 5) is 17.1. The Balaban J connectivity index is 2.06. The van der Waals surface area contributed by atoms with Gasteiger partial charge in [-0.3, -0.25) is 4.79 Å². The predicted octanol–water partition coefficient (Wildman–Crippen LogP) is 3.84. The first kappa shape index (κ1) is 16.2. The lowest BCUT2D eigenvalue weighted by atomic mass is 10.3. The first-order chi connectivity index (χ1) is 11.2. The van der Waals surface area contributed by atoms with Crippen LogP contribution >= 0.6 is 27.3 Å². The zero-order valence-electron chi connectivity index (χ0n) is 12.5. The molecule has 0 aliphatic heterocycles. The molecule has 3 aromatic rings. The minimum absolute atomic E-state index is 0.236. The quantitative estimate of drug-likeness (QED) is 0.617. The maximum Gasteiger partial charge on any atom is 0.315 e. The van der Waals surface area contributed by atoms with Gasteiger partial charge in [-0.15, -0.1) is 0 Å². The van der Waals surface area contributed by atoms with Gasteiger partial charge in [0, 0.05) is 17.6 Å². The number of carbonyl (C=O) groups is 1. The van der Waals surface area contributed by atoms with Gasteiger partial charge in [0.25, 0.3) is 0 Å². The molecule has 3 rings (SSSR count). The van der Waals surface area contributed by atoms with Gasteiger partial charge in [-0.25, -0.2) is 0 Å². The molecule has 0 saturated heterocycles. The molecule has 2 aromatic heterocycles. The number of amides is 1. The van der Waals surface area contributed by atoms with Crippen molar-refractivity contribution in [2.75, 3.05) is 13.2 Å². The number of rotatable bonds is 5. The summed E-state index contributed by atoms with van der Waals surface area (Å²) in [6.07, 6.45) is 1.47. The van der Waals surface area contributed by atoms with Crippen LogP contribution in [0.3, 0.4) is 0 Å². The van der Waals surface area contributed by atoms with Crippen LogP contribution in [0.1, 0.15) is 17.5 Å². The van der Waals surface area contributed by atoms with Crippen molar-refractivity contribution in [3.63, 3.8) is 0 Å². The lowest BCUT2D eigenvalue weighted by Crippen LogP contribution is -2.19. The third-order valence-corrected chi connectivity index (χ3v) is 4.77. The molecule has 1 amide bonds. The summed E-state index contributed by atoms with van der Waals surface area (Å²) in [5, 5.41) is 0. The molecule has 0 aliphatic carbocycles. The molecule has 0 radical (unpaired) electrons. The van der Waals surface area contributed by atoms with Crippen molar-refractivity contribution in [3.05, 3.63) is 51.6 Å². The van der Waals surface area contributed by atoms with Crippen molar-refractivity contribution in [1.29, 1.82) is 0 Å². The molecule has 0 atom stereocenters. The summed E-state index contributed by atoms with van der Waals surface area (Å²) < 4.78 is 14.6. The van der Waals surface area contributed by atoms with E-state index < -0.39 is 0 Å². The van der Waals surface area contributed by atoms with E-state index in [1.54, 1.807) is 12.1 Å². The fourth-order valence-electron chi connectivity index (χ4n) is 2.19. The number of ether oxygens (including phenoxy) is 1. The van der Waals surface area contributed by atoms with Gasteiger partial charge in [-0.05, 0) is 37.3 Å². The minimum Gasteiger partial charge on any atom is -0.459 e. The number of fused-ring (bicyclic) bond motifs is 1. The second kappa shape index (κ2) is 7.25. The average Bonchev–Trinajstić information content (AvgIpc) is 3.16. The monoisotopic (exact) mass is 394 g/mol. The van der Waals surface area contributed by atoms with Gasteiger partial charge in [0.1, 0.15) is 0 Å². The van der Waals surface area contributed by atoms with Crippen LogP contribution in [0.2, 0.25) is 0 Å². The van der Waals surface area contributed by atoms with E-state index in [9.17, 15) is 4.79 Å². The molecule has 0 saturated carbocycles. The molecule has 23 heavy (non-hydrogen) atoms. The van der Waals surface area contributed by atoms with Crippen LogP contribution in [0.25, 0.3) is 10.2 Å². The Morgan fingerprint density at radius 1 is 1.43 bits per heavy atom. The second-order valence-electron chi connectivity index (χ2n) is 4.74. The topological polar surface area (TPSA) is 56.7 Å². The third-order valence-electron chi connectivity index (χ3n) is 3.24. The minimum atomic E-state index is -0.384. The van der Waals surface area contributed by atoms with Crippen LogP contribution in [0.5, 0.6) is 0 Å². The highest BCUT2D eigenvalue weighted by atomic mass is 79.9. The van der Waals surface area contributed by atoms with Gasteiger partial charge < -0.3 is 13.7 Å². The zero-order chi connectivity index (χ0) is 16.2. The Bertz CT molecular complexity index is 881. The average molecular weight is 395 g/mol. The first-order valence-electron chi connectivity index (χ1n) is 7.18. The largest absolute Gasteiger partial charge is 0.459 e. The SMILES string of the molecule is CCOCCn1c(=NC(=O)c2ccco2)sc2cc(Br)ccc21. The summed E-state index contributed by atoms with van der Waals surface area (Å²) in [7, 11) is 0. The van der Waals surface area contributed by atoms with Crippen LogP contribution in [-0.4, -0.2) is 23.7 Å².